The van der Waals surface area contributed by atoms with Crippen LogP contribution in [0, 0.1) is 0 Å². The number of nitrogens with one attached hydrogen (secondary N) is 2. The van der Waals surface area contributed by atoms with E-state index in [1.807, 2.05) is 0 Å². The predicted octanol–water partition coefficient (Wildman–Crippen LogP) is 2.15. The summed E-state index contributed by atoms with van der Waals surface area (Å²) in [5.74, 6) is 0.231. The third-order valence-corrected chi connectivity index (χ3v) is 2.89. The molecular weight excluding hydrogens is 339 g/mol. The quantitative estimate of drug-likeness (QED) is 0.665. The van der Waals surface area contributed by atoms with E-state index in [1.54, 1.807) is 25.3 Å². The highest BCUT2D eigenvalue weighted by Gasteiger charge is 2.05. The molecule has 21 heavy (non-hydrogen) atoms. The molecule has 0 saturated carbocycles. The minimum Gasteiger partial charge on any atom is -0.482 e. The van der Waals surface area contributed by atoms with Gasteiger partial charge in [-0.25, -0.2) is 0 Å². The van der Waals surface area contributed by atoms with E-state index < -0.39 is 0 Å². The fourth-order valence-electron chi connectivity index (χ4n) is 1.38. The Morgan fingerprint density at radius 2 is 2.00 bits per heavy atom. The van der Waals surface area contributed by atoms with Gasteiger partial charge in [-0.3, -0.25) is 4.79 Å². The number of rotatable bonds is 9. The monoisotopic (exact) mass is 356 g/mol. The Labute approximate surface area is 140 Å². The molecule has 1 aromatic carbocycles. The van der Waals surface area contributed by atoms with Gasteiger partial charge in [-0.05, 0) is 18.2 Å². The molecule has 0 aromatic heterocycles. The lowest BCUT2D eigenvalue weighted by atomic mass is 10.3. The molecule has 8 heteroatoms. The van der Waals surface area contributed by atoms with Crippen molar-refractivity contribution in [3.05, 3.63) is 28.2 Å². The van der Waals surface area contributed by atoms with Crippen molar-refractivity contribution >= 4 is 41.5 Å². The van der Waals surface area contributed by atoms with Gasteiger partial charge in [0.1, 0.15) is 5.75 Å². The van der Waals surface area contributed by atoms with Crippen LogP contribution in [0.5, 0.6) is 5.75 Å². The molecule has 1 aromatic rings. The largest absolute Gasteiger partial charge is 0.482 e. The van der Waals surface area contributed by atoms with Crippen LogP contribution in [0.25, 0.3) is 0 Å². The zero-order valence-corrected chi connectivity index (χ0v) is 14.0. The lowest BCUT2D eigenvalue weighted by molar-refractivity contribution is -0.123. The molecule has 120 valence electrons. The first-order valence-electron chi connectivity index (χ1n) is 6.17. The number of methoxy groups -OCH3 is 1. The third-order valence-electron chi connectivity index (χ3n) is 2.36. The highest BCUT2D eigenvalue weighted by atomic mass is 35.5. The van der Waals surface area contributed by atoms with E-state index >= 15 is 0 Å². The second-order valence-electron chi connectivity index (χ2n) is 3.96. The normalized spacial score (nSPS) is 9.86. The molecule has 0 aliphatic rings. The smallest absolute Gasteiger partial charge is 0.257 e. The Kier molecular flexibility index (Phi) is 11.5. The Balaban J connectivity index is 0.00000400. The zero-order chi connectivity index (χ0) is 14.8. The molecule has 5 nitrogen and oxygen atoms in total. The molecule has 0 unspecified atom stereocenters. The van der Waals surface area contributed by atoms with E-state index in [-0.39, 0.29) is 24.9 Å². The van der Waals surface area contributed by atoms with Crippen molar-refractivity contribution in [2.45, 2.75) is 0 Å². The molecule has 0 heterocycles. The van der Waals surface area contributed by atoms with E-state index in [9.17, 15) is 4.79 Å². The van der Waals surface area contributed by atoms with E-state index in [1.165, 1.54) is 0 Å². The molecule has 0 atom stereocenters. The van der Waals surface area contributed by atoms with Crippen LogP contribution in [0.3, 0.4) is 0 Å². The van der Waals surface area contributed by atoms with E-state index in [0.717, 1.165) is 6.54 Å². The summed E-state index contributed by atoms with van der Waals surface area (Å²) in [6.07, 6.45) is 0. The fraction of sp³-hybridized carbons (Fsp3) is 0.462. The van der Waals surface area contributed by atoms with Gasteiger partial charge in [0.05, 0.1) is 11.6 Å². The lowest BCUT2D eigenvalue weighted by Crippen LogP contribution is -2.35. The van der Waals surface area contributed by atoms with Crippen molar-refractivity contribution in [3.8, 4) is 5.75 Å². The Morgan fingerprint density at radius 3 is 2.67 bits per heavy atom. The predicted molar refractivity (Wildman–Crippen MR) is 87.0 cm³/mol. The zero-order valence-electron chi connectivity index (χ0n) is 11.7. The third kappa shape index (κ3) is 9.01. The molecule has 2 N–H and O–H groups in total. The van der Waals surface area contributed by atoms with Gasteiger partial charge in [0.25, 0.3) is 5.91 Å². The minimum atomic E-state index is -0.204. The highest BCUT2D eigenvalue weighted by molar-refractivity contribution is 6.35. The van der Waals surface area contributed by atoms with Crippen molar-refractivity contribution in [3.63, 3.8) is 0 Å². The Morgan fingerprint density at radius 1 is 1.24 bits per heavy atom. The van der Waals surface area contributed by atoms with Crippen LogP contribution in [0.2, 0.25) is 10.0 Å². The summed E-state index contributed by atoms with van der Waals surface area (Å²) < 4.78 is 10.2. The van der Waals surface area contributed by atoms with Crippen LogP contribution in [-0.4, -0.2) is 45.9 Å². The number of carbonyl (C=O) groups excluding carboxylic acids is 1. The van der Waals surface area contributed by atoms with Gasteiger partial charge >= 0.3 is 0 Å². The molecular formula is C13H19Cl3N2O3. The molecule has 1 amide bonds. The average molecular weight is 358 g/mol. The summed E-state index contributed by atoms with van der Waals surface area (Å²) in [6, 6.07) is 4.85. The fourth-order valence-corrected chi connectivity index (χ4v) is 1.84. The summed E-state index contributed by atoms with van der Waals surface area (Å²) in [5.41, 5.74) is 0. The summed E-state index contributed by atoms with van der Waals surface area (Å²) in [6.45, 7) is 2.52. The number of hydrogen-bond donors (Lipinski definition) is 2. The average Bonchev–Trinajstić information content (AvgIpc) is 2.41. The van der Waals surface area contributed by atoms with Gasteiger partial charge in [-0.15, -0.1) is 12.4 Å². The van der Waals surface area contributed by atoms with Crippen molar-refractivity contribution in [1.82, 2.24) is 10.6 Å². The maximum atomic E-state index is 11.5. The number of amides is 1. The molecule has 0 bridgehead atoms. The first-order chi connectivity index (χ1) is 9.63. The molecule has 0 radical (unpaired) electrons. The van der Waals surface area contributed by atoms with Crippen molar-refractivity contribution in [1.29, 1.82) is 0 Å². The van der Waals surface area contributed by atoms with Gasteiger partial charge in [-0.2, -0.15) is 0 Å². The van der Waals surface area contributed by atoms with Gasteiger partial charge < -0.3 is 20.1 Å². The van der Waals surface area contributed by atoms with Crippen molar-refractivity contribution in [2.24, 2.45) is 0 Å². The van der Waals surface area contributed by atoms with Crippen molar-refractivity contribution < 1.29 is 14.3 Å². The number of hydrogen-bond acceptors (Lipinski definition) is 4. The molecule has 0 aliphatic carbocycles. The van der Waals surface area contributed by atoms with Gasteiger partial charge in [-0.1, -0.05) is 23.2 Å². The second kappa shape index (κ2) is 11.9. The van der Waals surface area contributed by atoms with E-state index in [2.05, 4.69) is 10.6 Å². The molecule has 1 rings (SSSR count). The standard InChI is InChI=1S/C13H18Cl2N2O3.ClH/c1-19-7-6-16-4-5-17-13(18)9-20-12-3-2-10(14)8-11(12)15;/h2-3,8,16H,4-7,9H2,1H3,(H,17,18);1H. The number of benzene rings is 1. The lowest BCUT2D eigenvalue weighted by Gasteiger charge is -2.09. The van der Waals surface area contributed by atoms with Gasteiger partial charge in [0.2, 0.25) is 0 Å². The van der Waals surface area contributed by atoms with Crippen LogP contribution in [0.15, 0.2) is 18.2 Å². The van der Waals surface area contributed by atoms with Crippen LogP contribution < -0.4 is 15.4 Å². The van der Waals surface area contributed by atoms with Crippen LogP contribution in [-0.2, 0) is 9.53 Å². The van der Waals surface area contributed by atoms with Crippen LogP contribution in [0.4, 0.5) is 0 Å². The summed E-state index contributed by atoms with van der Waals surface area (Å²) >= 11 is 11.7. The van der Waals surface area contributed by atoms with Gasteiger partial charge in [0, 0.05) is 31.8 Å². The molecule has 0 spiro atoms. The number of ether oxygens (including phenoxy) is 2. The van der Waals surface area contributed by atoms with Crippen LogP contribution in [0.1, 0.15) is 0 Å². The topological polar surface area (TPSA) is 59.6 Å². The molecule has 0 saturated heterocycles. The maximum Gasteiger partial charge on any atom is 0.257 e. The van der Waals surface area contributed by atoms with Crippen molar-refractivity contribution in [2.75, 3.05) is 40.0 Å². The summed E-state index contributed by atoms with van der Waals surface area (Å²) in [5, 5.41) is 6.74. The van der Waals surface area contributed by atoms with Gasteiger partial charge in [0.15, 0.2) is 6.61 Å². The van der Waals surface area contributed by atoms with Crippen LogP contribution >= 0.6 is 35.6 Å². The first kappa shape index (κ1) is 20.3. The summed E-state index contributed by atoms with van der Waals surface area (Å²) in [4.78, 5) is 11.5. The Hall–Kier alpha value is -0.720. The Bertz CT molecular complexity index is 433. The summed E-state index contributed by atoms with van der Waals surface area (Å²) in [7, 11) is 1.64. The maximum absolute atomic E-state index is 11.5. The first-order valence-corrected chi connectivity index (χ1v) is 6.93. The highest BCUT2D eigenvalue weighted by Crippen LogP contribution is 2.27. The minimum absolute atomic E-state index is 0. The van der Waals surface area contributed by atoms with E-state index in [0.29, 0.717) is 35.5 Å². The second-order valence-corrected chi connectivity index (χ2v) is 4.80. The molecule has 0 aliphatic heterocycles. The number of carbonyl (C=O) groups is 1. The SMILES string of the molecule is COCCNCCNC(=O)COc1ccc(Cl)cc1Cl.Cl. The number of halogens is 3. The molecule has 0 fully saturated rings. The van der Waals surface area contributed by atoms with E-state index in [4.69, 9.17) is 32.7 Å².